The first-order valence-electron chi connectivity index (χ1n) is 3.43. The molecule has 0 unspecified atom stereocenters. The van der Waals surface area contributed by atoms with Gasteiger partial charge in [-0.25, -0.2) is 4.39 Å². The lowest BCUT2D eigenvalue weighted by Gasteiger charge is -2.09. The van der Waals surface area contributed by atoms with Crippen molar-refractivity contribution in [2.24, 2.45) is 0 Å². The van der Waals surface area contributed by atoms with E-state index in [2.05, 4.69) is 4.98 Å². The summed E-state index contributed by atoms with van der Waals surface area (Å²) in [5.74, 6) is -0.00800. The van der Waals surface area contributed by atoms with Crippen LogP contribution in [0.25, 0.3) is 0 Å². The third kappa shape index (κ3) is 1.18. The van der Waals surface area contributed by atoms with Crippen molar-refractivity contribution in [3.05, 3.63) is 24.0 Å². The molecule has 1 aromatic heterocycles. The van der Waals surface area contributed by atoms with Crippen molar-refractivity contribution in [3.63, 3.8) is 0 Å². The number of fused-ring (bicyclic) bond motifs is 1. The fourth-order valence-electron chi connectivity index (χ4n) is 1.04. The average molecular weight is 189 g/mol. The summed E-state index contributed by atoms with van der Waals surface area (Å²) < 4.78 is 19.1. The second kappa shape index (κ2) is 2.79. The first-order valence-corrected chi connectivity index (χ1v) is 3.96. The Morgan fingerprint density at radius 1 is 1.75 bits per heavy atom. The van der Waals surface area contributed by atoms with Crippen molar-refractivity contribution in [2.75, 3.05) is 0 Å². The van der Waals surface area contributed by atoms with Crippen LogP contribution in [0, 0.1) is 0 Å². The van der Waals surface area contributed by atoms with Crippen LogP contribution in [0.3, 0.4) is 0 Å². The largest absolute Gasteiger partial charge is 0.431 e. The maximum atomic E-state index is 12.6. The third-order valence-electron chi connectivity index (χ3n) is 1.54. The molecule has 0 saturated carbocycles. The first kappa shape index (κ1) is 7.61. The van der Waals surface area contributed by atoms with E-state index in [1.807, 2.05) is 0 Å². The van der Waals surface area contributed by atoms with E-state index in [0.29, 0.717) is 17.6 Å². The topological polar surface area (TPSA) is 27.1 Å². The highest BCUT2D eigenvalue weighted by molar-refractivity contribution is 6.16. The summed E-state index contributed by atoms with van der Waals surface area (Å²) in [7, 11) is 0. The van der Waals surface area contributed by atoms with Gasteiger partial charge in [-0.3, -0.25) is 4.57 Å². The van der Waals surface area contributed by atoms with E-state index >= 15 is 0 Å². The van der Waals surface area contributed by atoms with Crippen LogP contribution in [-0.4, -0.2) is 9.55 Å². The van der Waals surface area contributed by atoms with Gasteiger partial charge >= 0.3 is 6.01 Å². The SMILES string of the molecule is FC1=COc2nc(CCl)cn2C1. The van der Waals surface area contributed by atoms with Crippen molar-refractivity contribution in [3.8, 4) is 6.01 Å². The third-order valence-corrected chi connectivity index (χ3v) is 1.81. The molecule has 5 heteroatoms. The Labute approximate surface area is 73.4 Å². The van der Waals surface area contributed by atoms with Crippen molar-refractivity contribution >= 4 is 11.6 Å². The molecule has 0 spiro atoms. The van der Waals surface area contributed by atoms with Gasteiger partial charge < -0.3 is 4.74 Å². The molecule has 1 aromatic rings. The van der Waals surface area contributed by atoms with Gasteiger partial charge in [0, 0.05) is 6.20 Å². The molecule has 0 aliphatic carbocycles. The van der Waals surface area contributed by atoms with Gasteiger partial charge in [-0.05, 0) is 0 Å². The predicted molar refractivity (Wildman–Crippen MR) is 41.6 cm³/mol. The van der Waals surface area contributed by atoms with Crippen molar-refractivity contribution in [1.82, 2.24) is 9.55 Å². The van der Waals surface area contributed by atoms with Crippen LogP contribution in [0.4, 0.5) is 4.39 Å². The molecular weight excluding hydrogens is 183 g/mol. The molecule has 64 valence electrons. The standard InChI is InChI=1S/C7H6ClFN2O/c8-1-6-3-11-2-5(9)4-12-7(11)10-6/h3-4H,1-2H2. The molecule has 2 heterocycles. The molecule has 0 saturated heterocycles. The number of hydrogen-bond acceptors (Lipinski definition) is 2. The Hall–Kier alpha value is -1.03. The van der Waals surface area contributed by atoms with Crippen LogP contribution < -0.4 is 4.74 Å². The van der Waals surface area contributed by atoms with E-state index in [0.717, 1.165) is 6.26 Å². The summed E-state index contributed by atoms with van der Waals surface area (Å²) in [5, 5.41) is 0. The fraction of sp³-hybridized carbons (Fsp3) is 0.286. The van der Waals surface area contributed by atoms with Gasteiger partial charge in [0.15, 0.2) is 5.83 Å². The molecule has 0 fully saturated rings. The Morgan fingerprint density at radius 2 is 2.58 bits per heavy atom. The van der Waals surface area contributed by atoms with Gasteiger partial charge in [0.25, 0.3) is 0 Å². The van der Waals surface area contributed by atoms with Gasteiger partial charge in [-0.15, -0.1) is 11.6 Å². The molecule has 1 aliphatic rings. The molecule has 0 amide bonds. The molecule has 0 radical (unpaired) electrons. The van der Waals surface area contributed by atoms with E-state index < -0.39 is 0 Å². The van der Waals surface area contributed by atoms with Crippen LogP contribution in [0.2, 0.25) is 0 Å². The number of aromatic nitrogens is 2. The first-order chi connectivity index (χ1) is 5.79. The quantitative estimate of drug-likeness (QED) is 0.629. The highest BCUT2D eigenvalue weighted by atomic mass is 35.5. The minimum Gasteiger partial charge on any atom is -0.431 e. The lowest BCUT2D eigenvalue weighted by Crippen LogP contribution is -2.06. The highest BCUT2D eigenvalue weighted by Crippen LogP contribution is 2.20. The maximum absolute atomic E-state index is 12.6. The summed E-state index contributed by atoms with van der Waals surface area (Å²) in [6.45, 7) is 0.180. The second-order valence-electron chi connectivity index (χ2n) is 2.46. The van der Waals surface area contributed by atoms with E-state index in [1.54, 1.807) is 10.8 Å². The normalized spacial score (nSPS) is 15.0. The number of rotatable bonds is 1. The van der Waals surface area contributed by atoms with Gasteiger partial charge in [-0.1, -0.05) is 0 Å². The zero-order valence-corrected chi connectivity index (χ0v) is 6.88. The molecule has 3 nitrogen and oxygen atoms in total. The summed E-state index contributed by atoms with van der Waals surface area (Å²) in [6.07, 6.45) is 2.73. The van der Waals surface area contributed by atoms with E-state index in [4.69, 9.17) is 16.3 Å². The molecule has 0 N–H and O–H groups in total. The Morgan fingerprint density at radius 3 is 3.33 bits per heavy atom. The maximum Gasteiger partial charge on any atom is 0.302 e. The monoisotopic (exact) mass is 188 g/mol. The molecule has 0 atom stereocenters. The van der Waals surface area contributed by atoms with E-state index in [9.17, 15) is 4.39 Å². The van der Waals surface area contributed by atoms with Crippen molar-refractivity contribution < 1.29 is 9.13 Å². The Balaban J connectivity index is 2.33. The smallest absolute Gasteiger partial charge is 0.302 e. The van der Waals surface area contributed by atoms with Crippen LogP contribution in [0.15, 0.2) is 18.3 Å². The predicted octanol–water partition coefficient (Wildman–Crippen LogP) is 1.83. The number of ether oxygens (including phenoxy) is 1. The number of allylic oxidation sites excluding steroid dienone is 1. The van der Waals surface area contributed by atoms with Crippen LogP contribution >= 0.6 is 11.6 Å². The van der Waals surface area contributed by atoms with E-state index in [-0.39, 0.29) is 12.4 Å². The fourth-order valence-corrected chi connectivity index (χ4v) is 1.17. The summed E-state index contributed by atoms with van der Waals surface area (Å²) in [4.78, 5) is 4.00. The van der Waals surface area contributed by atoms with Crippen LogP contribution in [0.1, 0.15) is 5.69 Å². The minimum atomic E-state index is -0.318. The van der Waals surface area contributed by atoms with Gasteiger partial charge in [0.2, 0.25) is 0 Å². The van der Waals surface area contributed by atoms with Gasteiger partial charge in [-0.2, -0.15) is 4.98 Å². The minimum absolute atomic E-state index is 0.180. The number of halogens is 2. The van der Waals surface area contributed by atoms with Gasteiger partial charge in [0.05, 0.1) is 18.1 Å². The number of nitrogens with zero attached hydrogens (tertiary/aromatic N) is 2. The molecule has 1 aliphatic heterocycles. The summed E-state index contributed by atoms with van der Waals surface area (Å²) >= 11 is 5.54. The Kier molecular flexibility index (Phi) is 1.77. The summed E-state index contributed by atoms with van der Waals surface area (Å²) in [6, 6.07) is 0.395. The molecule has 0 aromatic carbocycles. The highest BCUT2D eigenvalue weighted by Gasteiger charge is 2.14. The molecular formula is C7H6ClFN2O. The zero-order chi connectivity index (χ0) is 8.55. The zero-order valence-electron chi connectivity index (χ0n) is 6.13. The average Bonchev–Trinajstić information content (AvgIpc) is 2.46. The lowest BCUT2D eigenvalue weighted by molar-refractivity contribution is 0.351. The molecule has 0 bridgehead atoms. The van der Waals surface area contributed by atoms with Crippen molar-refractivity contribution in [2.45, 2.75) is 12.4 Å². The number of imidazole rings is 1. The Bertz CT molecular complexity index is 334. The van der Waals surface area contributed by atoms with Crippen molar-refractivity contribution in [1.29, 1.82) is 0 Å². The lowest BCUT2D eigenvalue weighted by atomic mass is 10.5. The molecule has 12 heavy (non-hydrogen) atoms. The van der Waals surface area contributed by atoms with Crippen LogP contribution in [-0.2, 0) is 12.4 Å². The second-order valence-corrected chi connectivity index (χ2v) is 2.73. The molecule has 2 rings (SSSR count). The number of hydrogen-bond donors (Lipinski definition) is 0. The van der Waals surface area contributed by atoms with E-state index in [1.165, 1.54) is 0 Å². The summed E-state index contributed by atoms with van der Waals surface area (Å²) in [5.41, 5.74) is 0.690. The number of alkyl halides is 1. The van der Waals surface area contributed by atoms with Gasteiger partial charge in [0.1, 0.15) is 6.26 Å². The van der Waals surface area contributed by atoms with Crippen LogP contribution in [0.5, 0.6) is 6.01 Å².